The first-order chi connectivity index (χ1) is 9.63. The fourth-order valence-electron chi connectivity index (χ4n) is 2.36. The molecule has 1 aliphatic rings. The molecule has 0 heterocycles. The van der Waals surface area contributed by atoms with E-state index in [1.807, 2.05) is 24.3 Å². The normalized spacial score (nSPS) is 21.4. The number of rotatable bonds is 5. The van der Waals surface area contributed by atoms with Crippen LogP contribution in [0, 0.1) is 0 Å². The van der Waals surface area contributed by atoms with Gasteiger partial charge in [-0.15, -0.1) is 24.2 Å². The highest BCUT2D eigenvalue weighted by Crippen LogP contribution is 2.21. The third-order valence-corrected chi connectivity index (χ3v) is 4.81. The van der Waals surface area contributed by atoms with Crippen LogP contribution in [0.5, 0.6) is 0 Å². The molecule has 1 aromatic rings. The van der Waals surface area contributed by atoms with Crippen molar-refractivity contribution in [1.82, 2.24) is 5.32 Å². The number of hydrogen-bond donors (Lipinski definition) is 2. The first-order valence-electron chi connectivity index (χ1n) is 7.07. The minimum atomic E-state index is 0. The van der Waals surface area contributed by atoms with Gasteiger partial charge in [-0.1, -0.05) is 11.6 Å². The molecule has 0 aromatic heterocycles. The van der Waals surface area contributed by atoms with Crippen LogP contribution < -0.4 is 11.1 Å². The van der Waals surface area contributed by atoms with E-state index in [-0.39, 0.29) is 18.3 Å². The van der Waals surface area contributed by atoms with Gasteiger partial charge >= 0.3 is 0 Å². The molecule has 2 rings (SSSR count). The summed E-state index contributed by atoms with van der Waals surface area (Å²) in [6, 6.07) is 8.34. The molecule has 0 bridgehead atoms. The van der Waals surface area contributed by atoms with Gasteiger partial charge < -0.3 is 11.1 Å². The maximum Gasteiger partial charge on any atom is 0.221 e. The summed E-state index contributed by atoms with van der Waals surface area (Å²) in [5.41, 5.74) is 5.86. The molecule has 0 radical (unpaired) electrons. The molecule has 0 spiro atoms. The zero-order valence-electron chi connectivity index (χ0n) is 11.9. The van der Waals surface area contributed by atoms with Crippen LogP contribution in [0.3, 0.4) is 0 Å². The summed E-state index contributed by atoms with van der Waals surface area (Å²) in [6.07, 6.45) is 4.61. The average Bonchev–Trinajstić information content (AvgIpc) is 2.44. The molecule has 3 nitrogen and oxygen atoms in total. The van der Waals surface area contributed by atoms with E-state index in [1.54, 1.807) is 11.8 Å². The van der Waals surface area contributed by atoms with Crippen molar-refractivity contribution >= 4 is 41.7 Å². The summed E-state index contributed by atoms with van der Waals surface area (Å²) in [5, 5.41) is 3.84. The molecule has 0 atom stereocenters. The van der Waals surface area contributed by atoms with Crippen molar-refractivity contribution in [2.45, 2.75) is 49.1 Å². The molecule has 21 heavy (non-hydrogen) atoms. The number of nitrogens with two attached hydrogens (primary N) is 1. The van der Waals surface area contributed by atoms with Crippen LogP contribution in [0.25, 0.3) is 0 Å². The number of nitrogens with one attached hydrogen (secondary N) is 1. The number of thioether (sulfide) groups is 1. The van der Waals surface area contributed by atoms with Gasteiger partial charge in [0, 0.05) is 34.2 Å². The van der Waals surface area contributed by atoms with Gasteiger partial charge in [0.2, 0.25) is 5.91 Å². The van der Waals surface area contributed by atoms with Crippen LogP contribution in [0.4, 0.5) is 0 Å². The van der Waals surface area contributed by atoms with E-state index in [9.17, 15) is 4.79 Å². The summed E-state index contributed by atoms with van der Waals surface area (Å²) >= 11 is 7.51. The van der Waals surface area contributed by atoms with Crippen molar-refractivity contribution in [3.8, 4) is 0 Å². The fourth-order valence-corrected chi connectivity index (χ4v) is 3.33. The van der Waals surface area contributed by atoms with E-state index in [0.29, 0.717) is 18.5 Å². The number of hydrogen-bond acceptors (Lipinski definition) is 3. The van der Waals surface area contributed by atoms with Crippen molar-refractivity contribution in [2.24, 2.45) is 5.73 Å². The first-order valence-corrected chi connectivity index (χ1v) is 8.43. The van der Waals surface area contributed by atoms with Crippen LogP contribution in [0.2, 0.25) is 5.02 Å². The van der Waals surface area contributed by atoms with Crippen molar-refractivity contribution in [3.05, 3.63) is 29.3 Å². The van der Waals surface area contributed by atoms with Crippen molar-refractivity contribution in [2.75, 3.05) is 5.75 Å². The third-order valence-electron chi connectivity index (χ3n) is 3.55. The Morgan fingerprint density at radius 2 is 1.86 bits per heavy atom. The van der Waals surface area contributed by atoms with Crippen LogP contribution in [0.15, 0.2) is 29.2 Å². The predicted octanol–water partition coefficient (Wildman–Crippen LogP) is 3.63. The standard InChI is InChI=1S/C15H21ClN2OS.ClH/c16-11-1-7-14(8-2-11)20-10-9-15(19)18-13-5-3-12(17)4-6-13;/h1-2,7-8,12-13H,3-6,9-10,17H2,(H,18,19);1H. The molecular formula is C15H22Cl2N2OS. The van der Waals surface area contributed by atoms with E-state index in [2.05, 4.69) is 5.32 Å². The lowest BCUT2D eigenvalue weighted by Gasteiger charge is -2.26. The van der Waals surface area contributed by atoms with E-state index in [0.717, 1.165) is 41.4 Å². The van der Waals surface area contributed by atoms with Crippen molar-refractivity contribution < 1.29 is 4.79 Å². The molecule has 1 fully saturated rings. The Morgan fingerprint density at radius 3 is 2.48 bits per heavy atom. The zero-order chi connectivity index (χ0) is 14.4. The topological polar surface area (TPSA) is 55.1 Å². The van der Waals surface area contributed by atoms with Crippen LogP contribution in [-0.2, 0) is 4.79 Å². The number of carbonyl (C=O) groups excluding carboxylic acids is 1. The zero-order valence-corrected chi connectivity index (χ0v) is 14.3. The Morgan fingerprint density at radius 1 is 1.24 bits per heavy atom. The van der Waals surface area contributed by atoms with Gasteiger partial charge in [-0.25, -0.2) is 0 Å². The first kappa shape index (κ1) is 18.6. The molecule has 0 unspecified atom stereocenters. The molecule has 0 saturated heterocycles. The molecule has 1 aromatic carbocycles. The third kappa shape index (κ3) is 6.92. The van der Waals surface area contributed by atoms with E-state index in [1.165, 1.54) is 0 Å². The molecular weight excluding hydrogens is 327 g/mol. The minimum absolute atomic E-state index is 0. The van der Waals surface area contributed by atoms with Gasteiger partial charge in [0.1, 0.15) is 0 Å². The van der Waals surface area contributed by atoms with Crippen LogP contribution in [-0.4, -0.2) is 23.7 Å². The van der Waals surface area contributed by atoms with Gasteiger partial charge in [-0.05, 0) is 49.9 Å². The van der Waals surface area contributed by atoms with Crippen molar-refractivity contribution in [3.63, 3.8) is 0 Å². The lowest BCUT2D eigenvalue weighted by molar-refractivity contribution is -0.121. The van der Waals surface area contributed by atoms with E-state index in [4.69, 9.17) is 17.3 Å². The summed E-state index contributed by atoms with van der Waals surface area (Å²) in [4.78, 5) is 13.0. The van der Waals surface area contributed by atoms with Crippen LogP contribution >= 0.6 is 35.8 Å². The van der Waals surface area contributed by atoms with Gasteiger partial charge in [-0.2, -0.15) is 0 Å². The van der Waals surface area contributed by atoms with Crippen LogP contribution in [0.1, 0.15) is 32.1 Å². The second-order valence-electron chi connectivity index (χ2n) is 5.23. The number of carbonyl (C=O) groups is 1. The van der Waals surface area contributed by atoms with Gasteiger partial charge in [0.05, 0.1) is 0 Å². The highest BCUT2D eigenvalue weighted by molar-refractivity contribution is 7.99. The molecule has 6 heteroatoms. The monoisotopic (exact) mass is 348 g/mol. The Hall–Kier alpha value is -0.420. The smallest absolute Gasteiger partial charge is 0.221 e. The number of amides is 1. The highest BCUT2D eigenvalue weighted by Gasteiger charge is 2.19. The van der Waals surface area contributed by atoms with Crippen molar-refractivity contribution in [1.29, 1.82) is 0 Å². The van der Waals surface area contributed by atoms with E-state index >= 15 is 0 Å². The summed E-state index contributed by atoms with van der Waals surface area (Å²) < 4.78 is 0. The Kier molecular flexibility index (Phi) is 8.49. The second-order valence-corrected chi connectivity index (χ2v) is 6.84. The van der Waals surface area contributed by atoms with Gasteiger partial charge in [-0.3, -0.25) is 4.79 Å². The van der Waals surface area contributed by atoms with E-state index < -0.39 is 0 Å². The quantitative estimate of drug-likeness (QED) is 0.798. The molecule has 1 saturated carbocycles. The Balaban J connectivity index is 0.00000220. The molecule has 1 amide bonds. The molecule has 1 aliphatic carbocycles. The molecule has 0 aliphatic heterocycles. The minimum Gasteiger partial charge on any atom is -0.353 e. The Labute approximate surface area is 141 Å². The number of benzene rings is 1. The largest absolute Gasteiger partial charge is 0.353 e. The lowest BCUT2D eigenvalue weighted by atomic mass is 9.92. The number of halogens is 2. The molecule has 3 N–H and O–H groups in total. The lowest BCUT2D eigenvalue weighted by Crippen LogP contribution is -2.40. The predicted molar refractivity (Wildman–Crippen MR) is 92.4 cm³/mol. The maximum atomic E-state index is 11.9. The maximum absolute atomic E-state index is 11.9. The SMILES string of the molecule is Cl.NC1CCC(NC(=O)CCSc2ccc(Cl)cc2)CC1. The Bertz CT molecular complexity index is 434. The van der Waals surface area contributed by atoms with Gasteiger partial charge in [0.15, 0.2) is 0 Å². The van der Waals surface area contributed by atoms with Gasteiger partial charge in [0.25, 0.3) is 0 Å². The second kappa shape index (κ2) is 9.57. The fraction of sp³-hybridized carbons (Fsp3) is 0.533. The summed E-state index contributed by atoms with van der Waals surface area (Å²) in [5.74, 6) is 0.937. The summed E-state index contributed by atoms with van der Waals surface area (Å²) in [7, 11) is 0. The summed E-state index contributed by atoms with van der Waals surface area (Å²) in [6.45, 7) is 0. The highest BCUT2D eigenvalue weighted by atomic mass is 35.5. The molecule has 118 valence electrons. The average molecular weight is 349 g/mol.